The van der Waals surface area contributed by atoms with Crippen LogP contribution in [0.25, 0.3) is 10.9 Å². The highest BCUT2D eigenvalue weighted by molar-refractivity contribution is 5.83. The Morgan fingerprint density at radius 3 is 2.61 bits per heavy atom. The molecule has 4 heterocycles. The van der Waals surface area contributed by atoms with Crippen LogP contribution in [0.1, 0.15) is 42.6 Å². The van der Waals surface area contributed by atoms with Gasteiger partial charge in [-0.3, -0.25) is 9.69 Å². The maximum atomic E-state index is 13.2. The van der Waals surface area contributed by atoms with E-state index >= 15 is 0 Å². The standard InChI is InChI=1S/C28H28N6O4/c1-18(2)26(27-30-31-32-34(27)14-19-7-4-3-5-8-19)33(16-22-9-6-10-36-22)15-21-11-20-12-24-25(38-17-37-24)13-23(20)29-28(21)35/h3-13,18,26H,14-17H2,1-2H3,(H,29,35)/t26-/m1/s1. The van der Waals surface area contributed by atoms with Crippen LogP contribution in [0, 0.1) is 5.92 Å². The molecule has 0 fully saturated rings. The van der Waals surface area contributed by atoms with Gasteiger partial charge in [-0.2, -0.15) is 0 Å². The van der Waals surface area contributed by atoms with E-state index in [9.17, 15) is 4.79 Å². The van der Waals surface area contributed by atoms with Crippen LogP contribution in [-0.4, -0.2) is 36.9 Å². The van der Waals surface area contributed by atoms with Crippen molar-refractivity contribution in [3.63, 3.8) is 0 Å². The van der Waals surface area contributed by atoms with Crippen LogP contribution in [0.5, 0.6) is 11.5 Å². The minimum Gasteiger partial charge on any atom is -0.468 e. The molecule has 0 saturated heterocycles. The molecule has 1 aliphatic heterocycles. The van der Waals surface area contributed by atoms with Gasteiger partial charge in [-0.25, -0.2) is 4.68 Å². The molecule has 194 valence electrons. The number of aromatic amines is 1. The van der Waals surface area contributed by atoms with Crippen LogP contribution in [0.4, 0.5) is 0 Å². The molecule has 1 N–H and O–H groups in total. The zero-order chi connectivity index (χ0) is 26.1. The molecule has 10 heteroatoms. The number of H-pyrrole nitrogens is 1. The molecule has 0 bridgehead atoms. The highest BCUT2D eigenvalue weighted by Gasteiger charge is 2.31. The third kappa shape index (κ3) is 4.78. The van der Waals surface area contributed by atoms with Crippen molar-refractivity contribution in [2.24, 2.45) is 5.92 Å². The van der Waals surface area contributed by atoms with Crippen molar-refractivity contribution in [3.8, 4) is 11.5 Å². The average molecular weight is 513 g/mol. The Balaban J connectivity index is 1.38. The number of furan rings is 1. The number of fused-ring (bicyclic) bond motifs is 2. The van der Waals surface area contributed by atoms with Gasteiger partial charge in [0, 0.05) is 23.6 Å². The fraction of sp³-hybridized carbons (Fsp3) is 0.286. The van der Waals surface area contributed by atoms with Crippen LogP contribution >= 0.6 is 0 Å². The number of pyridine rings is 1. The smallest absolute Gasteiger partial charge is 0.252 e. The predicted octanol–water partition coefficient (Wildman–Crippen LogP) is 4.28. The second-order valence-corrected chi connectivity index (χ2v) is 9.77. The van der Waals surface area contributed by atoms with Crippen LogP contribution in [-0.2, 0) is 19.6 Å². The first-order valence-corrected chi connectivity index (χ1v) is 12.6. The second-order valence-electron chi connectivity index (χ2n) is 9.77. The molecule has 3 aromatic heterocycles. The molecular formula is C28H28N6O4. The van der Waals surface area contributed by atoms with Gasteiger partial charge in [0.25, 0.3) is 5.56 Å². The zero-order valence-electron chi connectivity index (χ0n) is 21.2. The third-order valence-electron chi connectivity index (χ3n) is 6.75. The second kappa shape index (κ2) is 10.1. The number of hydrogen-bond donors (Lipinski definition) is 1. The number of rotatable bonds is 9. The Hall–Kier alpha value is -4.44. The molecule has 1 aliphatic rings. The Morgan fingerprint density at radius 2 is 1.84 bits per heavy atom. The first-order valence-electron chi connectivity index (χ1n) is 12.6. The number of ether oxygens (including phenoxy) is 2. The number of benzene rings is 2. The molecule has 6 rings (SSSR count). The van der Waals surface area contributed by atoms with Crippen molar-refractivity contribution in [2.45, 2.75) is 39.5 Å². The summed E-state index contributed by atoms with van der Waals surface area (Å²) in [7, 11) is 0. The van der Waals surface area contributed by atoms with Crippen molar-refractivity contribution < 1.29 is 13.9 Å². The summed E-state index contributed by atoms with van der Waals surface area (Å²) in [6, 6.07) is 19.3. The fourth-order valence-electron chi connectivity index (χ4n) is 5.01. The van der Waals surface area contributed by atoms with Crippen LogP contribution in [0.2, 0.25) is 0 Å². The zero-order valence-corrected chi connectivity index (χ0v) is 21.2. The van der Waals surface area contributed by atoms with Gasteiger partial charge in [-0.15, -0.1) is 5.10 Å². The van der Waals surface area contributed by atoms with Crippen LogP contribution < -0.4 is 15.0 Å². The third-order valence-corrected chi connectivity index (χ3v) is 6.75. The molecule has 0 saturated carbocycles. The normalized spacial score (nSPS) is 13.6. The van der Waals surface area contributed by atoms with E-state index in [2.05, 4.69) is 51.4 Å². The monoisotopic (exact) mass is 512 g/mol. The minimum absolute atomic E-state index is 0.138. The molecule has 2 aromatic carbocycles. The lowest BCUT2D eigenvalue weighted by Gasteiger charge is -2.33. The Kier molecular flexibility index (Phi) is 6.38. The lowest BCUT2D eigenvalue weighted by molar-refractivity contribution is 0.116. The molecule has 5 aromatic rings. The van der Waals surface area contributed by atoms with E-state index in [4.69, 9.17) is 13.9 Å². The summed E-state index contributed by atoms with van der Waals surface area (Å²) < 4.78 is 18.6. The lowest BCUT2D eigenvalue weighted by atomic mass is 10.00. The van der Waals surface area contributed by atoms with Crippen molar-refractivity contribution >= 4 is 10.9 Å². The topological polar surface area (TPSA) is 111 Å². The molecule has 0 spiro atoms. The first-order chi connectivity index (χ1) is 18.5. The van der Waals surface area contributed by atoms with Gasteiger partial charge in [0.05, 0.1) is 30.9 Å². The molecule has 0 aliphatic carbocycles. The minimum atomic E-state index is -0.189. The number of aromatic nitrogens is 5. The van der Waals surface area contributed by atoms with Gasteiger partial charge in [0.1, 0.15) is 5.76 Å². The fourth-order valence-corrected chi connectivity index (χ4v) is 5.01. The number of hydrogen-bond acceptors (Lipinski definition) is 8. The molecule has 1 atom stereocenters. The van der Waals surface area contributed by atoms with Crippen LogP contribution in [0.15, 0.2) is 76.1 Å². The van der Waals surface area contributed by atoms with E-state index in [1.54, 1.807) is 12.3 Å². The summed E-state index contributed by atoms with van der Waals surface area (Å²) in [5, 5.41) is 13.6. The van der Waals surface area contributed by atoms with Crippen molar-refractivity contribution in [1.29, 1.82) is 0 Å². The van der Waals surface area contributed by atoms with Gasteiger partial charge in [-0.05, 0) is 46.2 Å². The summed E-state index contributed by atoms with van der Waals surface area (Å²) in [6.45, 7) is 5.82. The van der Waals surface area contributed by atoms with E-state index in [-0.39, 0.29) is 24.3 Å². The SMILES string of the molecule is CC(C)[C@H](c1nnnn1Cc1ccccc1)N(Cc1ccco1)Cc1cc2cc3c(cc2[nH]c1=O)OCO3. The van der Waals surface area contributed by atoms with Crippen LogP contribution in [0.3, 0.4) is 0 Å². The number of nitrogens with one attached hydrogen (secondary N) is 1. The van der Waals surface area contributed by atoms with Gasteiger partial charge in [-0.1, -0.05) is 44.2 Å². The highest BCUT2D eigenvalue weighted by atomic mass is 16.7. The van der Waals surface area contributed by atoms with E-state index in [0.717, 1.165) is 22.5 Å². The lowest BCUT2D eigenvalue weighted by Crippen LogP contribution is -2.35. The summed E-state index contributed by atoms with van der Waals surface area (Å²) >= 11 is 0. The highest BCUT2D eigenvalue weighted by Crippen LogP contribution is 2.36. The summed E-state index contributed by atoms with van der Waals surface area (Å²) in [6.07, 6.45) is 1.66. The summed E-state index contributed by atoms with van der Waals surface area (Å²) in [5.41, 5.74) is 2.27. The molecule has 10 nitrogen and oxygen atoms in total. The number of nitrogens with zero attached hydrogens (tertiary/aromatic N) is 5. The Morgan fingerprint density at radius 1 is 1.03 bits per heavy atom. The molecule has 0 unspecified atom stereocenters. The molecular weight excluding hydrogens is 484 g/mol. The number of tetrazole rings is 1. The van der Waals surface area contributed by atoms with Crippen molar-refractivity contribution in [2.75, 3.05) is 6.79 Å². The predicted molar refractivity (Wildman–Crippen MR) is 140 cm³/mol. The van der Waals surface area contributed by atoms with Gasteiger partial charge in [0.15, 0.2) is 17.3 Å². The maximum absolute atomic E-state index is 13.2. The largest absolute Gasteiger partial charge is 0.468 e. The molecule has 38 heavy (non-hydrogen) atoms. The quantitative estimate of drug-likeness (QED) is 0.311. The van der Waals surface area contributed by atoms with E-state index in [0.29, 0.717) is 42.2 Å². The molecule has 0 amide bonds. The Bertz CT molecular complexity index is 1590. The summed E-state index contributed by atoms with van der Waals surface area (Å²) in [5.74, 6) is 2.96. The van der Waals surface area contributed by atoms with Gasteiger partial charge < -0.3 is 18.9 Å². The van der Waals surface area contributed by atoms with E-state index in [1.807, 2.05) is 47.1 Å². The Labute approximate surface area is 218 Å². The van der Waals surface area contributed by atoms with Gasteiger partial charge >= 0.3 is 0 Å². The van der Waals surface area contributed by atoms with E-state index in [1.165, 1.54) is 0 Å². The van der Waals surface area contributed by atoms with E-state index < -0.39 is 0 Å². The summed E-state index contributed by atoms with van der Waals surface area (Å²) in [4.78, 5) is 18.4. The average Bonchev–Trinajstić information content (AvgIpc) is 3.67. The van der Waals surface area contributed by atoms with Gasteiger partial charge in [0.2, 0.25) is 6.79 Å². The maximum Gasteiger partial charge on any atom is 0.252 e. The molecule has 0 radical (unpaired) electrons. The van der Waals surface area contributed by atoms with Crippen molar-refractivity contribution in [1.82, 2.24) is 30.1 Å². The first kappa shape index (κ1) is 23.9. The van der Waals surface area contributed by atoms with Crippen molar-refractivity contribution in [3.05, 3.63) is 100.0 Å².